The van der Waals surface area contributed by atoms with Gasteiger partial charge in [-0.2, -0.15) is 0 Å². The molecule has 0 fully saturated rings. The Morgan fingerprint density at radius 2 is 1.44 bits per heavy atom. The molecule has 2 amide bonds. The highest BCUT2D eigenvalue weighted by molar-refractivity contribution is 7.92. The van der Waals surface area contributed by atoms with Crippen LogP contribution in [0.25, 0.3) is 0 Å². The van der Waals surface area contributed by atoms with Gasteiger partial charge < -0.3 is 10.2 Å². The molecule has 0 spiro atoms. The Hall–Kier alpha value is -3.65. The van der Waals surface area contributed by atoms with Crippen molar-refractivity contribution in [2.24, 2.45) is 0 Å². The van der Waals surface area contributed by atoms with Gasteiger partial charge in [-0.25, -0.2) is 8.42 Å². The molecule has 7 nitrogen and oxygen atoms in total. The van der Waals surface area contributed by atoms with Gasteiger partial charge in [0.25, 0.3) is 10.0 Å². The average Bonchev–Trinajstić information content (AvgIpc) is 2.90. The normalized spacial score (nSPS) is 12.4. The lowest BCUT2D eigenvalue weighted by Crippen LogP contribution is -2.56. The van der Waals surface area contributed by atoms with E-state index < -0.39 is 34.1 Å². The lowest BCUT2D eigenvalue weighted by atomic mass is 10.1. The molecule has 3 rings (SSSR count). The van der Waals surface area contributed by atoms with Gasteiger partial charge in [0.2, 0.25) is 11.8 Å². The summed E-state index contributed by atoms with van der Waals surface area (Å²) in [7, 11) is -4.07. The first-order valence-electron chi connectivity index (χ1n) is 13.2. The van der Waals surface area contributed by atoms with Gasteiger partial charge in [0.05, 0.1) is 10.6 Å². The van der Waals surface area contributed by atoms with E-state index in [9.17, 15) is 18.0 Å². The molecule has 8 heteroatoms. The Kier molecular flexibility index (Phi) is 9.92. The van der Waals surface area contributed by atoms with Gasteiger partial charge in [-0.1, -0.05) is 73.7 Å². The summed E-state index contributed by atoms with van der Waals surface area (Å²) >= 11 is 0. The third-order valence-corrected chi connectivity index (χ3v) is 8.14. The Balaban J connectivity index is 2.02. The number of nitrogens with one attached hydrogen (secondary N) is 1. The molecule has 0 aliphatic carbocycles. The van der Waals surface area contributed by atoms with Gasteiger partial charge in [-0.3, -0.25) is 13.9 Å². The maximum Gasteiger partial charge on any atom is 0.264 e. The highest BCUT2D eigenvalue weighted by Gasteiger charge is 2.34. The van der Waals surface area contributed by atoms with E-state index in [-0.39, 0.29) is 17.3 Å². The summed E-state index contributed by atoms with van der Waals surface area (Å²) in [5.74, 6) is -0.704. The number of para-hydroxylation sites is 1. The van der Waals surface area contributed by atoms with Crippen molar-refractivity contribution in [3.8, 4) is 0 Å². The first-order chi connectivity index (χ1) is 18.4. The van der Waals surface area contributed by atoms with Gasteiger partial charge >= 0.3 is 0 Å². The number of carbonyl (C=O) groups excluding carboxylic acids is 2. The van der Waals surface area contributed by atoms with Crippen LogP contribution in [0, 0.1) is 6.92 Å². The number of hydrogen-bond acceptors (Lipinski definition) is 4. The van der Waals surface area contributed by atoms with Gasteiger partial charge in [-0.15, -0.1) is 0 Å². The van der Waals surface area contributed by atoms with E-state index in [4.69, 9.17) is 0 Å². The zero-order valence-corrected chi connectivity index (χ0v) is 24.2. The maximum absolute atomic E-state index is 14.0. The van der Waals surface area contributed by atoms with E-state index in [0.717, 1.165) is 15.4 Å². The molecular weight excluding hydrogens is 510 g/mol. The minimum Gasteiger partial charge on any atom is -0.350 e. The Bertz CT molecular complexity index is 1350. The molecule has 0 saturated carbocycles. The molecule has 0 aliphatic heterocycles. The predicted octanol–water partition coefficient (Wildman–Crippen LogP) is 4.95. The molecule has 1 N–H and O–H groups in total. The number of sulfonamides is 1. The zero-order valence-electron chi connectivity index (χ0n) is 23.4. The van der Waals surface area contributed by atoms with E-state index in [2.05, 4.69) is 5.32 Å². The molecule has 208 valence electrons. The number of carbonyl (C=O) groups is 2. The van der Waals surface area contributed by atoms with E-state index in [0.29, 0.717) is 18.5 Å². The van der Waals surface area contributed by atoms with Gasteiger partial charge in [0.1, 0.15) is 12.6 Å². The molecule has 1 atom stereocenters. The fraction of sp³-hybridized carbons (Fsp3) is 0.355. The lowest BCUT2D eigenvalue weighted by molar-refractivity contribution is -0.140. The van der Waals surface area contributed by atoms with Crippen LogP contribution >= 0.6 is 0 Å². The van der Waals surface area contributed by atoms with Gasteiger partial charge in [0, 0.05) is 12.1 Å². The van der Waals surface area contributed by atoms with Gasteiger partial charge in [-0.05, 0) is 69.9 Å². The van der Waals surface area contributed by atoms with E-state index in [1.807, 2.05) is 77.1 Å². The molecular formula is C31H39N3O4S. The highest BCUT2D eigenvalue weighted by Crippen LogP contribution is 2.27. The number of rotatable bonds is 11. The van der Waals surface area contributed by atoms with Crippen LogP contribution in [0.3, 0.4) is 0 Å². The Morgan fingerprint density at radius 1 is 0.872 bits per heavy atom. The largest absolute Gasteiger partial charge is 0.350 e. The van der Waals surface area contributed by atoms with Crippen molar-refractivity contribution in [2.45, 2.75) is 63.9 Å². The summed E-state index contributed by atoms with van der Waals surface area (Å²) < 4.78 is 28.9. The molecule has 0 saturated heterocycles. The van der Waals surface area contributed by atoms with Crippen molar-refractivity contribution in [1.82, 2.24) is 10.2 Å². The Morgan fingerprint density at radius 3 is 2.00 bits per heavy atom. The summed E-state index contributed by atoms with van der Waals surface area (Å²) in [5.41, 5.74) is 1.68. The van der Waals surface area contributed by atoms with Crippen molar-refractivity contribution in [2.75, 3.05) is 17.4 Å². The quantitative estimate of drug-likeness (QED) is 0.367. The topological polar surface area (TPSA) is 86.8 Å². The van der Waals surface area contributed by atoms with Crippen molar-refractivity contribution < 1.29 is 18.0 Å². The van der Waals surface area contributed by atoms with E-state index >= 15 is 0 Å². The first-order valence-corrected chi connectivity index (χ1v) is 14.7. The van der Waals surface area contributed by atoms with Gasteiger partial charge in [0.15, 0.2) is 0 Å². The van der Waals surface area contributed by atoms with Crippen LogP contribution in [0.2, 0.25) is 0 Å². The fourth-order valence-electron chi connectivity index (χ4n) is 4.43. The number of amides is 2. The SMILES string of the molecule is CCC(C(=O)NC(C)(C)C)N(CCc1ccccc1)C(=O)CN(c1ccccc1C)S(=O)(=O)c1ccccc1. The van der Waals surface area contributed by atoms with Crippen LogP contribution in [-0.4, -0.2) is 49.8 Å². The molecule has 0 radical (unpaired) electrons. The van der Waals surface area contributed by atoms with E-state index in [1.54, 1.807) is 30.3 Å². The molecule has 3 aromatic rings. The fourth-order valence-corrected chi connectivity index (χ4v) is 5.92. The molecule has 0 bridgehead atoms. The number of hydrogen-bond donors (Lipinski definition) is 1. The highest BCUT2D eigenvalue weighted by atomic mass is 32.2. The monoisotopic (exact) mass is 549 g/mol. The van der Waals surface area contributed by atoms with Crippen LogP contribution < -0.4 is 9.62 Å². The van der Waals surface area contributed by atoms with Crippen LogP contribution in [0.4, 0.5) is 5.69 Å². The first kappa shape index (κ1) is 29.9. The standard InChI is InChI=1S/C31H39N3O4S/c1-6-27(30(36)32-31(3,4)5)33(22-21-25-16-9-7-10-17-25)29(35)23-34(28-20-14-13-15-24(28)2)39(37,38)26-18-11-8-12-19-26/h7-20,27H,6,21-23H2,1-5H3,(H,32,36). The average molecular weight is 550 g/mol. The number of anilines is 1. The van der Waals surface area contributed by atoms with Crippen LogP contribution in [0.5, 0.6) is 0 Å². The summed E-state index contributed by atoms with van der Waals surface area (Å²) in [6.45, 7) is 9.17. The van der Waals surface area contributed by atoms with Crippen molar-refractivity contribution in [3.05, 3.63) is 96.1 Å². The molecule has 0 aromatic heterocycles. The summed E-state index contributed by atoms with van der Waals surface area (Å²) in [5, 5.41) is 2.99. The second-order valence-corrected chi connectivity index (χ2v) is 12.5. The Labute approximate surface area is 232 Å². The van der Waals surface area contributed by atoms with Crippen LogP contribution in [0.1, 0.15) is 45.2 Å². The maximum atomic E-state index is 14.0. The summed E-state index contributed by atoms with van der Waals surface area (Å²) in [6, 6.07) is 24.1. The number of nitrogens with zero attached hydrogens (tertiary/aromatic N) is 2. The van der Waals surface area contributed by atoms with Crippen molar-refractivity contribution in [3.63, 3.8) is 0 Å². The smallest absolute Gasteiger partial charge is 0.264 e. The second-order valence-electron chi connectivity index (χ2n) is 10.6. The molecule has 3 aromatic carbocycles. The molecule has 1 unspecified atom stereocenters. The number of aryl methyl sites for hydroxylation is 1. The van der Waals surface area contributed by atoms with Crippen LogP contribution in [-0.2, 0) is 26.0 Å². The minimum absolute atomic E-state index is 0.0920. The predicted molar refractivity (Wildman–Crippen MR) is 156 cm³/mol. The number of benzene rings is 3. The molecule has 0 heterocycles. The van der Waals surface area contributed by atoms with Crippen LogP contribution in [0.15, 0.2) is 89.8 Å². The lowest BCUT2D eigenvalue weighted by Gasteiger charge is -2.35. The summed E-state index contributed by atoms with van der Waals surface area (Å²) in [6.07, 6.45) is 0.917. The summed E-state index contributed by atoms with van der Waals surface area (Å²) in [4.78, 5) is 29.0. The van der Waals surface area contributed by atoms with Crippen molar-refractivity contribution in [1.29, 1.82) is 0 Å². The minimum atomic E-state index is -4.07. The third-order valence-electron chi connectivity index (χ3n) is 6.36. The molecule has 0 aliphatic rings. The zero-order chi connectivity index (χ0) is 28.6. The van der Waals surface area contributed by atoms with Crippen molar-refractivity contribution >= 4 is 27.5 Å². The van der Waals surface area contributed by atoms with E-state index in [1.165, 1.54) is 17.0 Å². The second kappa shape index (κ2) is 12.9. The third kappa shape index (κ3) is 7.93. The molecule has 39 heavy (non-hydrogen) atoms.